The van der Waals surface area contributed by atoms with Crippen LogP contribution in [0.25, 0.3) is 0 Å². The molecule has 0 atom stereocenters. The highest BCUT2D eigenvalue weighted by Crippen LogP contribution is 2.23. The Morgan fingerprint density at radius 2 is 1.79 bits per heavy atom. The highest BCUT2D eigenvalue weighted by atomic mass is 19.4. The lowest BCUT2D eigenvalue weighted by atomic mass is 10.1. The normalized spacial score (nSPS) is 11.6. The Bertz CT molecular complexity index is 899. The molecular weight excluding hydrogens is 396 g/mol. The van der Waals surface area contributed by atoms with E-state index < -0.39 is 24.0 Å². The summed E-state index contributed by atoms with van der Waals surface area (Å²) in [5, 5.41) is 8.72. The minimum atomic E-state index is -4.82. The maximum Gasteiger partial charge on any atom is 0.573 e. The minimum Gasteiger partial charge on any atom is -0.406 e. The Hall–Kier alpha value is -3.63. The molecule has 0 spiro atoms. The van der Waals surface area contributed by atoms with Crippen LogP contribution in [-0.4, -0.2) is 30.6 Å². The summed E-state index contributed by atoms with van der Waals surface area (Å²) in [5.41, 5.74) is 2.89. The largest absolute Gasteiger partial charge is 0.573 e. The van der Waals surface area contributed by atoms with Crippen molar-refractivity contribution in [2.75, 3.05) is 11.9 Å². The van der Waals surface area contributed by atoms with Crippen molar-refractivity contribution in [2.45, 2.75) is 13.3 Å². The Balaban J connectivity index is 2.04. The number of anilines is 1. The topological polar surface area (TPSA) is 91.8 Å². The van der Waals surface area contributed by atoms with Crippen LogP contribution < -0.4 is 20.8 Å². The van der Waals surface area contributed by atoms with Crippen LogP contribution in [0.5, 0.6) is 5.75 Å². The van der Waals surface area contributed by atoms with E-state index >= 15 is 0 Å². The fraction of sp³-hybridized carbons (Fsp3) is 0.167. The van der Waals surface area contributed by atoms with E-state index in [1.54, 1.807) is 6.07 Å². The predicted octanol–water partition coefficient (Wildman–Crippen LogP) is 3.39. The van der Waals surface area contributed by atoms with Crippen LogP contribution in [0.15, 0.2) is 53.6 Å². The summed E-state index contributed by atoms with van der Waals surface area (Å²) in [6, 6.07) is 9.06. The molecule has 2 aromatic carbocycles. The van der Waals surface area contributed by atoms with Gasteiger partial charge < -0.3 is 15.4 Å². The van der Waals surface area contributed by atoms with Gasteiger partial charge in [0.15, 0.2) is 0 Å². The van der Waals surface area contributed by atoms with Crippen molar-refractivity contribution in [2.24, 2.45) is 5.10 Å². The highest BCUT2D eigenvalue weighted by Gasteiger charge is 2.30. The highest BCUT2D eigenvalue weighted by molar-refractivity contribution is 6.04. The molecule has 0 heterocycles. The minimum absolute atomic E-state index is 0.0669. The summed E-state index contributed by atoms with van der Waals surface area (Å²) in [6.07, 6.45) is -4.82. The van der Waals surface area contributed by atoms with Crippen LogP contribution in [0.4, 0.5) is 28.0 Å². The fourth-order valence-corrected chi connectivity index (χ4v) is 2.10. The van der Waals surface area contributed by atoms with Gasteiger partial charge in [0.1, 0.15) is 11.6 Å². The fourth-order valence-electron chi connectivity index (χ4n) is 2.10. The molecule has 0 radical (unpaired) electrons. The molecule has 154 valence electrons. The van der Waals surface area contributed by atoms with E-state index in [9.17, 15) is 27.2 Å². The Morgan fingerprint density at radius 3 is 2.38 bits per heavy atom. The van der Waals surface area contributed by atoms with Crippen molar-refractivity contribution < 1.29 is 31.9 Å². The number of halogens is 4. The molecule has 0 saturated carbocycles. The van der Waals surface area contributed by atoms with Gasteiger partial charge in [-0.3, -0.25) is 4.79 Å². The second-order valence-corrected chi connectivity index (χ2v) is 5.62. The zero-order valence-corrected chi connectivity index (χ0v) is 15.0. The summed E-state index contributed by atoms with van der Waals surface area (Å²) in [4.78, 5) is 23.1. The van der Waals surface area contributed by atoms with Gasteiger partial charge in [-0.2, -0.15) is 5.10 Å². The average Bonchev–Trinajstić information content (AvgIpc) is 2.62. The maximum absolute atomic E-state index is 13.4. The summed E-state index contributed by atoms with van der Waals surface area (Å²) in [5.74, 6) is -1.31. The zero-order chi connectivity index (χ0) is 21.4. The van der Waals surface area contributed by atoms with Crippen molar-refractivity contribution in [3.8, 4) is 5.75 Å². The van der Waals surface area contributed by atoms with Crippen LogP contribution in [-0.2, 0) is 4.79 Å². The number of hydrogen-bond acceptors (Lipinski definition) is 4. The van der Waals surface area contributed by atoms with Crippen molar-refractivity contribution in [1.29, 1.82) is 0 Å². The first-order chi connectivity index (χ1) is 13.6. The molecule has 0 saturated heterocycles. The Labute approximate surface area is 162 Å². The number of carbonyl (C=O) groups is 2. The van der Waals surface area contributed by atoms with Crippen molar-refractivity contribution in [3.63, 3.8) is 0 Å². The molecule has 3 amide bonds. The van der Waals surface area contributed by atoms with Gasteiger partial charge in [0.25, 0.3) is 0 Å². The van der Waals surface area contributed by atoms with Crippen LogP contribution in [0.1, 0.15) is 12.5 Å². The second-order valence-electron chi connectivity index (χ2n) is 5.62. The summed E-state index contributed by atoms with van der Waals surface area (Å²) >= 11 is 0. The van der Waals surface area contributed by atoms with Gasteiger partial charge in [0, 0.05) is 18.2 Å². The number of alkyl halides is 3. The first-order valence-electron chi connectivity index (χ1n) is 8.12. The number of ether oxygens (including phenoxy) is 1. The number of rotatable bonds is 6. The number of urea groups is 1. The van der Waals surface area contributed by atoms with Crippen LogP contribution in [0, 0.1) is 5.82 Å². The molecule has 11 heteroatoms. The monoisotopic (exact) mass is 412 g/mol. The van der Waals surface area contributed by atoms with Crippen molar-refractivity contribution >= 4 is 23.3 Å². The molecule has 2 rings (SSSR count). The summed E-state index contributed by atoms with van der Waals surface area (Å²) in [6.45, 7) is 1.22. The molecule has 0 fully saturated rings. The molecule has 2 aromatic rings. The van der Waals surface area contributed by atoms with Gasteiger partial charge in [0.05, 0.1) is 12.3 Å². The third-order valence-corrected chi connectivity index (χ3v) is 3.30. The molecule has 0 bridgehead atoms. The molecule has 29 heavy (non-hydrogen) atoms. The molecule has 0 aliphatic rings. The van der Waals surface area contributed by atoms with E-state index in [0.717, 1.165) is 12.1 Å². The molecule has 0 aliphatic heterocycles. The number of nitrogens with one attached hydrogen (secondary N) is 3. The Kier molecular flexibility index (Phi) is 7.12. The quantitative estimate of drug-likeness (QED) is 0.386. The third kappa shape index (κ3) is 7.87. The van der Waals surface area contributed by atoms with E-state index in [0.29, 0.717) is 5.56 Å². The first-order valence-corrected chi connectivity index (χ1v) is 8.12. The standard InChI is InChI=1S/C18H16F4N4O3/c1-11(27)23-10-16(12-3-2-4-13(19)9-12)25-26-17(28)24-14-5-7-15(8-6-14)29-18(20,21)22/h2-9H,10H2,1H3,(H,23,27)(H2,24,26,28)/b25-16-. The number of benzene rings is 2. The average molecular weight is 412 g/mol. The van der Waals surface area contributed by atoms with E-state index in [1.165, 1.54) is 37.3 Å². The Morgan fingerprint density at radius 1 is 1.10 bits per heavy atom. The van der Waals surface area contributed by atoms with Crippen LogP contribution in [0.3, 0.4) is 0 Å². The van der Waals surface area contributed by atoms with E-state index in [-0.39, 0.29) is 23.9 Å². The molecular formula is C18H16F4N4O3. The third-order valence-electron chi connectivity index (χ3n) is 3.30. The maximum atomic E-state index is 13.4. The number of nitrogens with zero attached hydrogens (tertiary/aromatic N) is 1. The van der Waals surface area contributed by atoms with Gasteiger partial charge in [-0.05, 0) is 36.4 Å². The number of hydrazone groups is 1. The molecule has 0 aliphatic carbocycles. The van der Waals surface area contributed by atoms with Gasteiger partial charge in [-0.15, -0.1) is 13.2 Å². The van der Waals surface area contributed by atoms with E-state index in [4.69, 9.17) is 0 Å². The van der Waals surface area contributed by atoms with Gasteiger partial charge >= 0.3 is 12.4 Å². The van der Waals surface area contributed by atoms with Gasteiger partial charge in [-0.1, -0.05) is 12.1 Å². The van der Waals surface area contributed by atoms with Crippen molar-refractivity contribution in [1.82, 2.24) is 10.7 Å². The van der Waals surface area contributed by atoms with Crippen LogP contribution in [0.2, 0.25) is 0 Å². The van der Waals surface area contributed by atoms with E-state index in [2.05, 4.69) is 25.9 Å². The number of carbonyl (C=O) groups excluding carboxylic acids is 2. The van der Waals surface area contributed by atoms with Gasteiger partial charge in [-0.25, -0.2) is 14.6 Å². The van der Waals surface area contributed by atoms with Crippen molar-refractivity contribution in [3.05, 3.63) is 59.9 Å². The molecule has 3 N–H and O–H groups in total. The van der Waals surface area contributed by atoms with Crippen LogP contribution >= 0.6 is 0 Å². The lowest BCUT2D eigenvalue weighted by Gasteiger charge is -2.11. The number of amides is 3. The zero-order valence-electron chi connectivity index (χ0n) is 15.0. The smallest absolute Gasteiger partial charge is 0.406 e. The molecule has 7 nitrogen and oxygen atoms in total. The predicted molar refractivity (Wildman–Crippen MR) is 96.9 cm³/mol. The lowest BCUT2D eigenvalue weighted by molar-refractivity contribution is -0.274. The van der Waals surface area contributed by atoms with E-state index in [1.807, 2.05) is 0 Å². The lowest BCUT2D eigenvalue weighted by Crippen LogP contribution is -2.31. The number of hydrogen-bond donors (Lipinski definition) is 3. The summed E-state index contributed by atoms with van der Waals surface area (Å²) < 4.78 is 53.6. The SMILES string of the molecule is CC(=O)NC/C(=N/NC(=O)Nc1ccc(OC(F)(F)F)cc1)c1cccc(F)c1. The first kappa shape index (κ1) is 21.7. The summed E-state index contributed by atoms with van der Waals surface area (Å²) in [7, 11) is 0. The molecule has 0 aromatic heterocycles. The molecule has 0 unspecified atom stereocenters. The second kappa shape index (κ2) is 9.53. The van der Waals surface area contributed by atoms with Gasteiger partial charge in [0.2, 0.25) is 5.91 Å².